The molecule has 1 fully saturated rings. The molecule has 0 aromatic carbocycles. The summed E-state index contributed by atoms with van der Waals surface area (Å²) >= 11 is 0. The molecule has 72 valence electrons. The Labute approximate surface area is 77.9 Å². The molecule has 1 aromatic heterocycles. The zero-order chi connectivity index (χ0) is 9.47. The lowest BCUT2D eigenvalue weighted by atomic mass is 9.80. The van der Waals surface area contributed by atoms with Gasteiger partial charge in [-0.15, -0.1) is 0 Å². The fraction of sp³-hybridized carbons (Fsp3) is 0.600. The van der Waals surface area contributed by atoms with Gasteiger partial charge in [0.2, 0.25) is 0 Å². The Kier molecular flexibility index (Phi) is 1.93. The van der Waals surface area contributed by atoms with Crippen molar-refractivity contribution in [1.29, 1.82) is 0 Å². The molecular formula is C10H15NO2. The molecule has 1 atom stereocenters. The van der Waals surface area contributed by atoms with Crippen molar-refractivity contribution >= 4 is 0 Å². The first kappa shape index (κ1) is 8.78. The maximum atomic E-state index is 6.07. The maximum absolute atomic E-state index is 6.07. The van der Waals surface area contributed by atoms with E-state index in [0.29, 0.717) is 0 Å². The second kappa shape index (κ2) is 2.86. The second-order valence-corrected chi connectivity index (χ2v) is 4.07. The zero-order valence-corrected chi connectivity index (χ0v) is 8.04. The summed E-state index contributed by atoms with van der Waals surface area (Å²) in [4.78, 5) is 0. The monoisotopic (exact) mass is 181 g/mol. The molecule has 1 aliphatic heterocycles. The third kappa shape index (κ3) is 1.38. The summed E-state index contributed by atoms with van der Waals surface area (Å²) in [6.07, 6.45) is 0. The molecule has 0 amide bonds. The predicted molar refractivity (Wildman–Crippen MR) is 49.3 cm³/mol. The van der Waals surface area contributed by atoms with Gasteiger partial charge in [0.25, 0.3) is 0 Å². The number of furan rings is 1. The third-order valence-corrected chi connectivity index (χ3v) is 2.68. The molecular weight excluding hydrogens is 166 g/mol. The van der Waals surface area contributed by atoms with E-state index in [0.717, 1.165) is 24.7 Å². The first-order chi connectivity index (χ1) is 6.12. The lowest BCUT2D eigenvalue weighted by Crippen LogP contribution is -2.47. The van der Waals surface area contributed by atoms with Crippen molar-refractivity contribution in [2.45, 2.75) is 19.9 Å². The smallest absolute Gasteiger partial charge is 0.121 e. The zero-order valence-electron chi connectivity index (χ0n) is 8.04. The highest BCUT2D eigenvalue weighted by molar-refractivity contribution is 5.13. The van der Waals surface area contributed by atoms with Gasteiger partial charge in [-0.1, -0.05) is 6.92 Å². The molecule has 0 saturated carbocycles. The Morgan fingerprint density at radius 3 is 2.54 bits per heavy atom. The van der Waals surface area contributed by atoms with Crippen LogP contribution in [0.3, 0.4) is 0 Å². The second-order valence-electron chi connectivity index (χ2n) is 4.07. The minimum absolute atomic E-state index is 0.0463. The Morgan fingerprint density at radius 2 is 2.15 bits per heavy atom. The molecule has 2 heterocycles. The summed E-state index contributed by atoms with van der Waals surface area (Å²) in [5.74, 6) is 1.78. The van der Waals surface area contributed by atoms with Gasteiger partial charge in [0.05, 0.1) is 19.3 Å². The van der Waals surface area contributed by atoms with E-state index in [9.17, 15) is 0 Å². The lowest BCUT2D eigenvalue weighted by Gasteiger charge is -2.41. The van der Waals surface area contributed by atoms with Crippen molar-refractivity contribution in [2.24, 2.45) is 11.1 Å². The van der Waals surface area contributed by atoms with Gasteiger partial charge in [0, 0.05) is 5.41 Å². The number of nitrogens with two attached hydrogens (primary N) is 1. The molecule has 0 spiro atoms. The first-order valence-electron chi connectivity index (χ1n) is 4.51. The normalized spacial score (nSPS) is 22.4. The summed E-state index contributed by atoms with van der Waals surface area (Å²) < 4.78 is 10.7. The van der Waals surface area contributed by atoms with Gasteiger partial charge in [-0.3, -0.25) is 0 Å². The highest BCUT2D eigenvalue weighted by atomic mass is 16.5. The summed E-state index contributed by atoms with van der Waals surface area (Å²) in [6.45, 7) is 5.51. The van der Waals surface area contributed by atoms with E-state index in [1.54, 1.807) is 0 Å². The Balaban J connectivity index is 2.17. The van der Waals surface area contributed by atoms with Crippen LogP contribution in [0.1, 0.15) is 24.5 Å². The first-order valence-corrected chi connectivity index (χ1v) is 4.51. The van der Waals surface area contributed by atoms with Crippen LogP contribution in [0.2, 0.25) is 0 Å². The van der Waals surface area contributed by atoms with E-state index in [1.807, 2.05) is 19.1 Å². The molecule has 0 radical (unpaired) electrons. The molecule has 3 nitrogen and oxygen atoms in total. The van der Waals surface area contributed by atoms with Gasteiger partial charge >= 0.3 is 0 Å². The fourth-order valence-electron chi connectivity index (χ4n) is 1.57. The summed E-state index contributed by atoms with van der Waals surface area (Å²) in [6, 6.07) is 3.84. The van der Waals surface area contributed by atoms with E-state index in [4.69, 9.17) is 14.9 Å². The van der Waals surface area contributed by atoms with Gasteiger partial charge in [0.15, 0.2) is 0 Å². The largest absolute Gasteiger partial charge is 0.465 e. The van der Waals surface area contributed by atoms with Crippen LogP contribution >= 0.6 is 0 Å². The van der Waals surface area contributed by atoms with Gasteiger partial charge in [-0.05, 0) is 19.1 Å². The van der Waals surface area contributed by atoms with E-state index in [2.05, 4.69) is 6.92 Å². The molecule has 1 aliphatic rings. The molecule has 1 aromatic rings. The number of ether oxygens (including phenoxy) is 1. The fourth-order valence-corrected chi connectivity index (χ4v) is 1.57. The van der Waals surface area contributed by atoms with Crippen molar-refractivity contribution in [3.05, 3.63) is 23.7 Å². The molecule has 13 heavy (non-hydrogen) atoms. The minimum atomic E-state index is -0.0463. The average molecular weight is 181 g/mol. The number of hydrogen-bond donors (Lipinski definition) is 1. The van der Waals surface area contributed by atoms with E-state index in [-0.39, 0.29) is 11.5 Å². The van der Waals surface area contributed by atoms with Crippen LogP contribution in [-0.2, 0) is 4.74 Å². The number of aryl methyl sites for hydroxylation is 1. The van der Waals surface area contributed by atoms with Crippen molar-refractivity contribution in [3.8, 4) is 0 Å². The molecule has 0 bridgehead atoms. The predicted octanol–water partition coefficient (Wildman–Crippen LogP) is 1.62. The highest BCUT2D eigenvalue weighted by Crippen LogP contribution is 2.38. The van der Waals surface area contributed by atoms with Crippen LogP contribution in [0.5, 0.6) is 0 Å². The Hall–Kier alpha value is -0.800. The minimum Gasteiger partial charge on any atom is -0.465 e. The summed E-state index contributed by atoms with van der Waals surface area (Å²) in [5.41, 5.74) is 6.13. The van der Waals surface area contributed by atoms with Gasteiger partial charge in [0.1, 0.15) is 11.5 Å². The third-order valence-electron chi connectivity index (χ3n) is 2.68. The van der Waals surface area contributed by atoms with E-state index < -0.39 is 0 Å². The molecule has 3 heteroatoms. The molecule has 2 rings (SSSR count). The molecule has 1 saturated heterocycles. The summed E-state index contributed by atoms with van der Waals surface area (Å²) in [5, 5.41) is 0. The van der Waals surface area contributed by atoms with Crippen LogP contribution in [0.4, 0.5) is 0 Å². The number of rotatable bonds is 2. The molecule has 2 N–H and O–H groups in total. The van der Waals surface area contributed by atoms with Crippen LogP contribution in [-0.4, -0.2) is 13.2 Å². The Morgan fingerprint density at radius 1 is 1.46 bits per heavy atom. The van der Waals surface area contributed by atoms with Crippen molar-refractivity contribution in [3.63, 3.8) is 0 Å². The van der Waals surface area contributed by atoms with Gasteiger partial charge in [-0.25, -0.2) is 0 Å². The summed E-state index contributed by atoms with van der Waals surface area (Å²) in [7, 11) is 0. The van der Waals surface area contributed by atoms with Gasteiger partial charge < -0.3 is 14.9 Å². The van der Waals surface area contributed by atoms with Crippen LogP contribution in [0, 0.1) is 12.3 Å². The van der Waals surface area contributed by atoms with Crippen molar-refractivity contribution in [1.82, 2.24) is 0 Å². The van der Waals surface area contributed by atoms with Gasteiger partial charge in [-0.2, -0.15) is 0 Å². The van der Waals surface area contributed by atoms with E-state index in [1.165, 1.54) is 0 Å². The maximum Gasteiger partial charge on any atom is 0.121 e. The lowest BCUT2D eigenvalue weighted by molar-refractivity contribution is -0.118. The highest BCUT2D eigenvalue weighted by Gasteiger charge is 2.41. The Bertz CT molecular complexity index is 302. The standard InChI is InChI=1S/C10H15NO2/c1-7-3-4-8(13-7)9(11)10(2)5-12-6-10/h3-4,9H,5-6,11H2,1-2H3. The van der Waals surface area contributed by atoms with Crippen molar-refractivity contribution in [2.75, 3.05) is 13.2 Å². The number of hydrogen-bond acceptors (Lipinski definition) is 3. The average Bonchev–Trinajstić information content (AvgIpc) is 2.46. The van der Waals surface area contributed by atoms with Crippen LogP contribution < -0.4 is 5.73 Å². The van der Waals surface area contributed by atoms with Crippen molar-refractivity contribution < 1.29 is 9.15 Å². The molecule has 1 unspecified atom stereocenters. The topological polar surface area (TPSA) is 48.4 Å². The molecule has 0 aliphatic carbocycles. The van der Waals surface area contributed by atoms with Crippen LogP contribution in [0.25, 0.3) is 0 Å². The van der Waals surface area contributed by atoms with E-state index >= 15 is 0 Å². The van der Waals surface area contributed by atoms with Crippen LogP contribution in [0.15, 0.2) is 16.5 Å². The quantitative estimate of drug-likeness (QED) is 0.754. The SMILES string of the molecule is Cc1ccc(C(N)C2(C)COC2)o1.